The predicted molar refractivity (Wildman–Crippen MR) is 40.7 cm³/mol. The lowest BCUT2D eigenvalue weighted by molar-refractivity contribution is -0.0443. The Bertz CT molecular complexity index is 240. The minimum absolute atomic E-state index is 0.639. The molecule has 0 spiro atoms. The molecule has 3 aliphatic rings. The van der Waals surface area contributed by atoms with Crippen molar-refractivity contribution >= 4 is 0 Å². The summed E-state index contributed by atoms with van der Waals surface area (Å²) in [7, 11) is 0. The van der Waals surface area contributed by atoms with Crippen LogP contribution in [0.15, 0.2) is 11.4 Å². The van der Waals surface area contributed by atoms with Crippen LogP contribution in [-0.2, 0) is 4.84 Å². The molecule has 6 heteroatoms. The fraction of sp³-hybridized carbons (Fsp3) is 0.667. The zero-order chi connectivity index (χ0) is 7.97. The van der Waals surface area contributed by atoms with Crippen LogP contribution in [0.1, 0.15) is 0 Å². The van der Waals surface area contributed by atoms with E-state index in [9.17, 15) is 0 Å². The van der Waals surface area contributed by atoms with Gasteiger partial charge in [-0.25, -0.2) is 0 Å². The van der Waals surface area contributed by atoms with Crippen molar-refractivity contribution in [2.24, 2.45) is 0 Å². The van der Waals surface area contributed by atoms with Gasteiger partial charge in [0.15, 0.2) is 0 Å². The third kappa shape index (κ3) is 0.774. The van der Waals surface area contributed by atoms with E-state index in [1.165, 1.54) is 11.4 Å². The SMILES string of the molecule is C1CN2NN3NOCC3=C2CN1. The molecule has 6 nitrogen and oxygen atoms in total. The van der Waals surface area contributed by atoms with E-state index >= 15 is 0 Å². The van der Waals surface area contributed by atoms with Crippen molar-refractivity contribution in [1.29, 1.82) is 0 Å². The number of hydrogen-bond acceptors (Lipinski definition) is 6. The molecule has 0 bridgehead atoms. The van der Waals surface area contributed by atoms with Gasteiger partial charge in [-0.3, -0.25) is 9.85 Å². The fourth-order valence-corrected chi connectivity index (χ4v) is 1.69. The molecule has 2 fully saturated rings. The first-order valence-corrected chi connectivity index (χ1v) is 4.09. The van der Waals surface area contributed by atoms with Gasteiger partial charge < -0.3 is 5.32 Å². The first-order valence-electron chi connectivity index (χ1n) is 4.09. The van der Waals surface area contributed by atoms with Crippen LogP contribution < -0.4 is 16.4 Å². The second kappa shape index (κ2) is 2.33. The third-order valence-corrected chi connectivity index (χ3v) is 2.32. The molecule has 0 atom stereocenters. The minimum atomic E-state index is 0.639. The Labute approximate surface area is 70.0 Å². The summed E-state index contributed by atoms with van der Waals surface area (Å²) in [6.07, 6.45) is 0. The van der Waals surface area contributed by atoms with Gasteiger partial charge in [0.1, 0.15) is 12.3 Å². The summed E-state index contributed by atoms with van der Waals surface area (Å²) in [6.45, 7) is 3.58. The van der Waals surface area contributed by atoms with Crippen molar-refractivity contribution in [2.75, 3.05) is 26.2 Å². The van der Waals surface area contributed by atoms with Crippen LogP contribution in [0.4, 0.5) is 0 Å². The van der Waals surface area contributed by atoms with Crippen molar-refractivity contribution < 1.29 is 4.84 Å². The quantitative estimate of drug-likeness (QED) is 0.401. The number of nitrogens with zero attached hydrogens (tertiary/aromatic N) is 2. The van der Waals surface area contributed by atoms with Gasteiger partial charge in [0.25, 0.3) is 0 Å². The molecule has 2 saturated heterocycles. The predicted octanol–water partition coefficient (Wildman–Crippen LogP) is -1.71. The van der Waals surface area contributed by atoms with Crippen molar-refractivity contribution in [3.8, 4) is 0 Å². The monoisotopic (exact) mass is 169 g/mol. The maximum absolute atomic E-state index is 5.06. The van der Waals surface area contributed by atoms with E-state index in [2.05, 4.69) is 21.4 Å². The molecule has 66 valence electrons. The molecular formula is C6H11N5O. The van der Waals surface area contributed by atoms with E-state index in [0.717, 1.165) is 19.6 Å². The number of rotatable bonds is 0. The lowest BCUT2D eigenvalue weighted by atomic mass is 10.3. The Hall–Kier alpha value is -0.820. The number of hydrazine groups is 3. The lowest BCUT2D eigenvalue weighted by Crippen LogP contribution is -2.50. The number of nitrogens with one attached hydrogen (secondary N) is 3. The average molecular weight is 169 g/mol. The van der Waals surface area contributed by atoms with Gasteiger partial charge in [0, 0.05) is 19.6 Å². The summed E-state index contributed by atoms with van der Waals surface area (Å²) >= 11 is 0. The van der Waals surface area contributed by atoms with Gasteiger partial charge in [0.2, 0.25) is 0 Å². The van der Waals surface area contributed by atoms with Crippen molar-refractivity contribution in [1.82, 2.24) is 26.6 Å². The van der Waals surface area contributed by atoms with E-state index in [0.29, 0.717) is 6.61 Å². The second-order valence-corrected chi connectivity index (χ2v) is 3.04. The zero-order valence-corrected chi connectivity index (χ0v) is 6.63. The van der Waals surface area contributed by atoms with Gasteiger partial charge in [-0.15, -0.1) is 5.53 Å². The molecule has 3 aliphatic heterocycles. The van der Waals surface area contributed by atoms with Crippen LogP contribution in [0.3, 0.4) is 0 Å². The standard InChI is InChI=1S/C6H11N5O/c1-2-10-5(3-7-1)6-4-12-9-11(6)8-10/h7-9H,1-4H2. The molecule has 0 amide bonds. The highest BCUT2D eigenvalue weighted by Crippen LogP contribution is 2.22. The van der Waals surface area contributed by atoms with Crippen LogP contribution in [0.25, 0.3) is 0 Å². The van der Waals surface area contributed by atoms with Crippen LogP contribution in [0.5, 0.6) is 0 Å². The normalized spacial score (nSPS) is 28.0. The van der Waals surface area contributed by atoms with Crippen LogP contribution >= 0.6 is 0 Å². The molecule has 0 unspecified atom stereocenters. The summed E-state index contributed by atoms with van der Waals surface area (Å²) in [6, 6.07) is 0. The Kier molecular flexibility index (Phi) is 1.30. The van der Waals surface area contributed by atoms with E-state index < -0.39 is 0 Å². The maximum atomic E-state index is 5.06. The molecule has 0 radical (unpaired) electrons. The lowest BCUT2D eigenvalue weighted by Gasteiger charge is -2.27. The molecule has 3 N–H and O–H groups in total. The van der Waals surface area contributed by atoms with E-state index in [4.69, 9.17) is 4.84 Å². The van der Waals surface area contributed by atoms with E-state index in [1.54, 1.807) is 0 Å². The molecule has 0 aromatic carbocycles. The molecule has 0 aliphatic carbocycles. The maximum Gasteiger partial charge on any atom is 0.115 e. The summed E-state index contributed by atoms with van der Waals surface area (Å²) in [5.41, 5.74) is 8.41. The van der Waals surface area contributed by atoms with Crippen molar-refractivity contribution in [3.05, 3.63) is 11.4 Å². The molecule has 0 aromatic heterocycles. The molecule has 3 heterocycles. The Morgan fingerprint density at radius 3 is 3.33 bits per heavy atom. The van der Waals surface area contributed by atoms with Crippen LogP contribution in [0.2, 0.25) is 0 Å². The van der Waals surface area contributed by atoms with Gasteiger partial charge in [-0.05, 0) is 0 Å². The zero-order valence-electron chi connectivity index (χ0n) is 6.63. The first-order chi connectivity index (χ1) is 5.95. The average Bonchev–Trinajstić information content (AvgIpc) is 2.62. The summed E-state index contributed by atoms with van der Waals surface area (Å²) in [5, 5.41) is 7.28. The van der Waals surface area contributed by atoms with Crippen molar-refractivity contribution in [2.45, 2.75) is 0 Å². The van der Waals surface area contributed by atoms with Gasteiger partial charge >= 0.3 is 0 Å². The molecule has 0 saturated carbocycles. The smallest absolute Gasteiger partial charge is 0.115 e. The number of piperazine rings is 1. The Morgan fingerprint density at radius 2 is 2.33 bits per heavy atom. The highest BCUT2D eigenvalue weighted by Gasteiger charge is 2.33. The molecular weight excluding hydrogens is 158 g/mol. The Balaban J connectivity index is 1.94. The third-order valence-electron chi connectivity index (χ3n) is 2.32. The fourth-order valence-electron chi connectivity index (χ4n) is 1.69. The number of fused-ring (bicyclic) bond motifs is 2. The first kappa shape index (κ1) is 6.67. The second-order valence-electron chi connectivity index (χ2n) is 3.04. The molecule has 12 heavy (non-hydrogen) atoms. The minimum Gasteiger partial charge on any atom is -0.309 e. The summed E-state index contributed by atoms with van der Waals surface area (Å²) < 4.78 is 0. The van der Waals surface area contributed by atoms with Crippen molar-refractivity contribution in [3.63, 3.8) is 0 Å². The van der Waals surface area contributed by atoms with Crippen LogP contribution in [-0.4, -0.2) is 36.4 Å². The molecule has 0 aromatic rings. The van der Waals surface area contributed by atoms with Gasteiger partial charge in [-0.2, -0.15) is 5.12 Å². The highest BCUT2D eigenvalue weighted by atomic mass is 16.7. The van der Waals surface area contributed by atoms with E-state index in [-0.39, 0.29) is 0 Å². The summed E-state index contributed by atoms with van der Waals surface area (Å²) in [5.74, 6) is 0. The summed E-state index contributed by atoms with van der Waals surface area (Å²) in [4.78, 5) is 5.06. The largest absolute Gasteiger partial charge is 0.309 e. The van der Waals surface area contributed by atoms with Crippen LogP contribution in [0, 0.1) is 0 Å². The molecule has 3 rings (SSSR count). The highest BCUT2D eigenvalue weighted by molar-refractivity contribution is 5.19. The topological polar surface area (TPSA) is 51.8 Å². The van der Waals surface area contributed by atoms with Gasteiger partial charge in [0.05, 0.1) is 5.70 Å². The van der Waals surface area contributed by atoms with E-state index in [1.807, 2.05) is 5.12 Å². The number of hydrogen-bond donors (Lipinski definition) is 3. The Morgan fingerprint density at radius 1 is 1.33 bits per heavy atom. The van der Waals surface area contributed by atoms with Gasteiger partial charge in [-0.1, -0.05) is 5.59 Å².